The highest BCUT2D eigenvalue weighted by molar-refractivity contribution is 7.92. The van der Waals surface area contributed by atoms with Gasteiger partial charge in [-0.15, -0.1) is 0 Å². The Labute approximate surface area is 246 Å². The van der Waals surface area contributed by atoms with Crippen LogP contribution in [0.25, 0.3) is 0 Å². The van der Waals surface area contributed by atoms with Gasteiger partial charge in [-0.3, -0.25) is 13.9 Å². The predicted octanol–water partition coefficient (Wildman–Crippen LogP) is 5.78. The number of methoxy groups -OCH3 is 1. The van der Waals surface area contributed by atoms with Crippen molar-refractivity contribution in [3.63, 3.8) is 0 Å². The van der Waals surface area contributed by atoms with E-state index < -0.39 is 16.1 Å². The molecule has 1 N–H and O–H groups in total. The van der Waals surface area contributed by atoms with Crippen LogP contribution in [0.4, 0.5) is 5.69 Å². The van der Waals surface area contributed by atoms with Crippen molar-refractivity contribution in [1.29, 1.82) is 0 Å². The molecular weight excluding hydrogens is 585 g/mol. The highest BCUT2D eigenvalue weighted by atomic mass is 35.5. The monoisotopic (exact) mass is 619 g/mol. The fraction of sp³-hybridized carbons (Fsp3) is 0.481. The van der Waals surface area contributed by atoms with E-state index in [-0.39, 0.29) is 48.7 Å². The van der Waals surface area contributed by atoms with Crippen molar-refractivity contribution in [2.45, 2.75) is 52.6 Å². The molecule has 0 saturated carbocycles. The van der Waals surface area contributed by atoms with Crippen LogP contribution in [0.2, 0.25) is 15.1 Å². The maximum absolute atomic E-state index is 13.6. The summed E-state index contributed by atoms with van der Waals surface area (Å²) in [6.07, 6.45) is 1.65. The van der Waals surface area contributed by atoms with Crippen molar-refractivity contribution in [1.82, 2.24) is 10.2 Å². The third-order valence-corrected chi connectivity index (χ3v) is 8.23. The molecule has 0 bridgehead atoms. The van der Waals surface area contributed by atoms with Crippen LogP contribution < -0.4 is 14.4 Å². The third kappa shape index (κ3) is 9.45. The molecule has 1 atom stereocenters. The highest BCUT2D eigenvalue weighted by Gasteiger charge is 2.30. The number of benzene rings is 2. The van der Waals surface area contributed by atoms with Gasteiger partial charge >= 0.3 is 0 Å². The van der Waals surface area contributed by atoms with Gasteiger partial charge < -0.3 is 15.0 Å². The lowest BCUT2D eigenvalue weighted by Gasteiger charge is -2.32. The maximum atomic E-state index is 13.6. The van der Waals surface area contributed by atoms with Gasteiger partial charge in [-0.05, 0) is 49.1 Å². The van der Waals surface area contributed by atoms with E-state index in [0.29, 0.717) is 40.0 Å². The highest BCUT2D eigenvalue weighted by Crippen LogP contribution is 2.31. The van der Waals surface area contributed by atoms with Gasteiger partial charge in [0.05, 0.1) is 24.1 Å². The number of hydrogen-bond donors (Lipinski definition) is 1. The van der Waals surface area contributed by atoms with Gasteiger partial charge in [0.25, 0.3) is 0 Å². The quantitative estimate of drug-likeness (QED) is 0.289. The SMILES string of the molecule is CC[C@@H](C(=O)NCC(C)C)N(Cc1c(Cl)cccc1Cl)C(=O)CCCN(c1ccc(OC)c(Cl)c1)S(C)(=O)=O. The number of anilines is 1. The van der Waals surface area contributed by atoms with Gasteiger partial charge in [0.2, 0.25) is 21.8 Å². The maximum Gasteiger partial charge on any atom is 0.242 e. The number of sulfonamides is 1. The molecule has 0 heterocycles. The summed E-state index contributed by atoms with van der Waals surface area (Å²) in [5.74, 6) is 0.0634. The molecule has 39 heavy (non-hydrogen) atoms. The number of hydrogen-bond acceptors (Lipinski definition) is 5. The summed E-state index contributed by atoms with van der Waals surface area (Å²) in [6.45, 7) is 6.33. The summed E-state index contributed by atoms with van der Waals surface area (Å²) < 4.78 is 31.5. The topological polar surface area (TPSA) is 96.0 Å². The Morgan fingerprint density at radius 2 is 1.69 bits per heavy atom. The lowest BCUT2D eigenvalue weighted by atomic mass is 10.1. The van der Waals surface area contributed by atoms with Gasteiger partial charge in [0.15, 0.2) is 0 Å². The second-order valence-electron chi connectivity index (χ2n) is 9.54. The largest absolute Gasteiger partial charge is 0.495 e. The number of amides is 2. The lowest BCUT2D eigenvalue weighted by Crippen LogP contribution is -2.49. The first-order chi connectivity index (χ1) is 18.3. The van der Waals surface area contributed by atoms with Crippen LogP contribution in [-0.4, -0.2) is 57.6 Å². The van der Waals surface area contributed by atoms with E-state index in [2.05, 4.69) is 5.32 Å². The molecule has 0 unspecified atom stereocenters. The second kappa shape index (κ2) is 15.0. The first-order valence-electron chi connectivity index (χ1n) is 12.6. The standard InChI is InChI=1S/C27H36Cl3N3O5S/c1-6-24(27(35)31-16-18(2)3)32(17-20-21(28)9-7-10-22(20)29)26(34)11-8-14-33(39(5,36)37)19-12-13-25(38-4)23(30)15-19/h7,9-10,12-13,15,18,24H,6,8,11,14,16-17H2,1-5H3,(H,31,35)/t24-/m0/s1. The average Bonchev–Trinajstić information content (AvgIpc) is 2.86. The zero-order valence-electron chi connectivity index (χ0n) is 22.8. The molecule has 2 aromatic rings. The Hall–Kier alpha value is -2.20. The Kier molecular flexibility index (Phi) is 12.7. The third-order valence-electron chi connectivity index (χ3n) is 6.04. The van der Waals surface area contributed by atoms with Crippen LogP contribution >= 0.6 is 34.8 Å². The van der Waals surface area contributed by atoms with Crippen LogP contribution in [0.3, 0.4) is 0 Å². The van der Waals surface area contributed by atoms with E-state index in [0.717, 1.165) is 6.26 Å². The van der Waals surface area contributed by atoms with Crippen LogP contribution in [0.5, 0.6) is 5.75 Å². The Morgan fingerprint density at radius 1 is 1.05 bits per heavy atom. The Balaban J connectivity index is 2.29. The molecule has 216 valence electrons. The van der Waals surface area contributed by atoms with Gasteiger partial charge in [0.1, 0.15) is 11.8 Å². The minimum Gasteiger partial charge on any atom is -0.495 e. The van der Waals surface area contributed by atoms with E-state index >= 15 is 0 Å². The van der Waals surface area contributed by atoms with Crippen LogP contribution in [0, 0.1) is 5.92 Å². The summed E-state index contributed by atoms with van der Waals surface area (Å²) in [7, 11) is -2.20. The average molecular weight is 621 g/mol. The number of halogens is 3. The molecule has 2 amide bonds. The molecule has 2 aromatic carbocycles. The fourth-order valence-corrected chi connectivity index (χ4v) is 5.74. The molecule has 8 nitrogen and oxygen atoms in total. The zero-order valence-corrected chi connectivity index (χ0v) is 25.9. The summed E-state index contributed by atoms with van der Waals surface area (Å²) in [5.41, 5.74) is 0.893. The number of carbonyl (C=O) groups excluding carboxylic acids is 2. The van der Waals surface area contributed by atoms with Crippen molar-refractivity contribution in [2.75, 3.05) is 30.8 Å². The molecule has 0 aliphatic carbocycles. The summed E-state index contributed by atoms with van der Waals surface area (Å²) in [5, 5.41) is 3.94. The number of ether oxygens (including phenoxy) is 1. The van der Waals surface area contributed by atoms with E-state index in [4.69, 9.17) is 39.5 Å². The summed E-state index contributed by atoms with van der Waals surface area (Å²) in [6, 6.07) is 8.97. The Bertz CT molecular complexity index is 1240. The van der Waals surface area contributed by atoms with E-state index in [1.54, 1.807) is 30.3 Å². The van der Waals surface area contributed by atoms with Gasteiger partial charge in [-0.2, -0.15) is 0 Å². The Morgan fingerprint density at radius 3 is 2.21 bits per heavy atom. The van der Waals surface area contributed by atoms with Crippen molar-refractivity contribution < 1.29 is 22.7 Å². The smallest absolute Gasteiger partial charge is 0.242 e. The van der Waals surface area contributed by atoms with Crippen molar-refractivity contribution in [3.05, 3.63) is 57.0 Å². The zero-order chi connectivity index (χ0) is 29.3. The number of nitrogens with zero attached hydrogens (tertiary/aromatic N) is 2. The first kappa shape index (κ1) is 33.0. The normalized spacial score (nSPS) is 12.2. The fourth-order valence-electron chi connectivity index (χ4n) is 4.01. The molecule has 2 rings (SSSR count). The molecular formula is C27H36Cl3N3O5S. The van der Waals surface area contributed by atoms with Crippen LogP contribution in [0.15, 0.2) is 36.4 Å². The second-order valence-corrected chi connectivity index (χ2v) is 12.7. The van der Waals surface area contributed by atoms with E-state index in [1.807, 2.05) is 20.8 Å². The van der Waals surface area contributed by atoms with E-state index in [9.17, 15) is 18.0 Å². The van der Waals surface area contributed by atoms with Gasteiger partial charge in [-0.25, -0.2) is 8.42 Å². The minimum atomic E-state index is -3.67. The van der Waals surface area contributed by atoms with Gasteiger partial charge in [-0.1, -0.05) is 61.6 Å². The molecule has 12 heteroatoms. The van der Waals surface area contributed by atoms with Crippen molar-refractivity contribution in [2.24, 2.45) is 5.92 Å². The first-order valence-corrected chi connectivity index (χ1v) is 15.6. The molecule has 0 aliphatic rings. The predicted molar refractivity (Wildman–Crippen MR) is 158 cm³/mol. The molecule has 0 spiro atoms. The molecule has 0 saturated heterocycles. The van der Waals surface area contributed by atoms with Gasteiger partial charge in [0, 0.05) is 41.7 Å². The number of carbonyl (C=O) groups is 2. The molecule has 0 fully saturated rings. The van der Waals surface area contributed by atoms with Crippen LogP contribution in [0.1, 0.15) is 45.6 Å². The summed E-state index contributed by atoms with van der Waals surface area (Å²) >= 11 is 19.0. The van der Waals surface area contributed by atoms with E-state index in [1.165, 1.54) is 22.4 Å². The summed E-state index contributed by atoms with van der Waals surface area (Å²) in [4.78, 5) is 28.1. The number of nitrogens with one attached hydrogen (secondary N) is 1. The van der Waals surface area contributed by atoms with Crippen molar-refractivity contribution >= 4 is 62.3 Å². The van der Waals surface area contributed by atoms with Crippen molar-refractivity contribution in [3.8, 4) is 5.75 Å². The molecule has 0 radical (unpaired) electrons. The lowest BCUT2D eigenvalue weighted by molar-refractivity contribution is -0.141. The molecule has 0 aromatic heterocycles. The molecule has 0 aliphatic heterocycles. The minimum absolute atomic E-state index is 0.00800. The van der Waals surface area contributed by atoms with Crippen LogP contribution in [-0.2, 0) is 26.2 Å². The number of rotatable bonds is 14.